The average Bonchev–Trinajstić information content (AvgIpc) is 3.37. The molecule has 186 valence electrons. The standard InChI is InChI=1S/C28H30N4O4/c1-18-7-5-13-32-24(18)31-26(36-21-11-9-20(10-12-21)28(2,3)4)23(27(32)34)15-19(16-29)25(33)30-17-22-8-6-14-35-22/h5,7,9-13,15,22H,6,8,14,17H2,1-4H3,(H,30,33). The molecule has 1 fully saturated rings. The van der Waals surface area contributed by atoms with Gasteiger partial charge < -0.3 is 14.8 Å². The van der Waals surface area contributed by atoms with Crippen LogP contribution in [0.25, 0.3) is 11.7 Å². The van der Waals surface area contributed by atoms with E-state index in [1.54, 1.807) is 12.3 Å². The van der Waals surface area contributed by atoms with Crippen LogP contribution >= 0.6 is 0 Å². The highest BCUT2D eigenvalue weighted by Crippen LogP contribution is 2.28. The molecule has 1 amide bonds. The molecule has 3 aromatic rings. The van der Waals surface area contributed by atoms with Crippen molar-refractivity contribution in [3.63, 3.8) is 0 Å². The molecule has 4 rings (SSSR count). The van der Waals surface area contributed by atoms with Gasteiger partial charge in [-0.15, -0.1) is 0 Å². The number of hydrogen-bond acceptors (Lipinski definition) is 6. The fraction of sp³-hybridized carbons (Fsp3) is 0.357. The third-order valence-corrected chi connectivity index (χ3v) is 6.15. The maximum absolute atomic E-state index is 13.5. The van der Waals surface area contributed by atoms with Crippen molar-refractivity contribution in [2.24, 2.45) is 0 Å². The zero-order valence-electron chi connectivity index (χ0n) is 21.0. The number of aromatic nitrogens is 2. The van der Waals surface area contributed by atoms with Crippen LogP contribution in [-0.2, 0) is 14.9 Å². The van der Waals surface area contributed by atoms with Crippen molar-refractivity contribution in [3.8, 4) is 17.7 Å². The average molecular weight is 487 g/mol. The van der Waals surface area contributed by atoms with Crippen molar-refractivity contribution in [1.82, 2.24) is 14.7 Å². The largest absolute Gasteiger partial charge is 0.438 e. The fourth-order valence-electron chi connectivity index (χ4n) is 4.03. The minimum atomic E-state index is -0.581. The summed E-state index contributed by atoms with van der Waals surface area (Å²) < 4.78 is 13.0. The quantitative estimate of drug-likeness (QED) is 0.411. The summed E-state index contributed by atoms with van der Waals surface area (Å²) in [6.07, 6.45) is 4.57. The maximum atomic E-state index is 13.5. The van der Waals surface area contributed by atoms with Crippen LogP contribution in [0, 0.1) is 18.3 Å². The van der Waals surface area contributed by atoms with Gasteiger partial charge in [-0.1, -0.05) is 39.0 Å². The van der Waals surface area contributed by atoms with E-state index in [1.807, 2.05) is 43.3 Å². The third kappa shape index (κ3) is 5.47. The molecule has 2 aromatic heterocycles. The van der Waals surface area contributed by atoms with Gasteiger partial charge in [0.25, 0.3) is 11.5 Å². The number of pyridine rings is 1. The van der Waals surface area contributed by atoms with E-state index in [9.17, 15) is 14.9 Å². The summed E-state index contributed by atoms with van der Waals surface area (Å²) in [5.41, 5.74) is 1.68. The first-order chi connectivity index (χ1) is 17.2. The summed E-state index contributed by atoms with van der Waals surface area (Å²) >= 11 is 0. The SMILES string of the molecule is Cc1cccn2c(=O)c(C=C(C#N)C(=O)NCC3CCCO3)c(Oc3ccc(C(C)(C)C)cc3)nc12. The van der Waals surface area contributed by atoms with Crippen molar-refractivity contribution in [2.75, 3.05) is 13.2 Å². The van der Waals surface area contributed by atoms with Gasteiger partial charge >= 0.3 is 0 Å². The van der Waals surface area contributed by atoms with E-state index in [2.05, 4.69) is 31.1 Å². The van der Waals surface area contributed by atoms with Crippen LogP contribution in [0.3, 0.4) is 0 Å². The Morgan fingerprint density at radius 2 is 2.06 bits per heavy atom. The Bertz CT molecular complexity index is 1400. The first-order valence-corrected chi connectivity index (χ1v) is 12.0. The Morgan fingerprint density at radius 1 is 1.31 bits per heavy atom. The van der Waals surface area contributed by atoms with Crippen molar-refractivity contribution in [3.05, 3.63) is 75.2 Å². The molecule has 1 aromatic carbocycles. The van der Waals surface area contributed by atoms with Crippen molar-refractivity contribution >= 4 is 17.6 Å². The number of benzene rings is 1. The number of ether oxygens (including phenoxy) is 2. The van der Waals surface area contributed by atoms with Gasteiger partial charge in [0, 0.05) is 19.3 Å². The van der Waals surface area contributed by atoms with Gasteiger partial charge in [0.15, 0.2) is 0 Å². The molecule has 0 radical (unpaired) electrons. The highest BCUT2D eigenvalue weighted by Gasteiger charge is 2.21. The van der Waals surface area contributed by atoms with Crippen molar-refractivity contribution in [2.45, 2.75) is 52.1 Å². The van der Waals surface area contributed by atoms with Gasteiger partial charge in [0.1, 0.15) is 28.6 Å². The Labute approximate surface area is 210 Å². The van der Waals surface area contributed by atoms with Gasteiger partial charge in [0.2, 0.25) is 5.88 Å². The van der Waals surface area contributed by atoms with Gasteiger partial charge in [-0.2, -0.15) is 10.2 Å². The first-order valence-electron chi connectivity index (χ1n) is 12.0. The minimum Gasteiger partial charge on any atom is -0.438 e. The summed E-state index contributed by atoms with van der Waals surface area (Å²) in [6, 6.07) is 13.0. The highest BCUT2D eigenvalue weighted by molar-refractivity contribution is 6.01. The molecule has 1 aliphatic rings. The zero-order chi connectivity index (χ0) is 25.9. The molecule has 3 heterocycles. The van der Waals surface area contributed by atoms with Crippen LogP contribution in [0.1, 0.15) is 50.3 Å². The summed E-state index contributed by atoms with van der Waals surface area (Å²) in [6.45, 7) is 9.17. The fourth-order valence-corrected chi connectivity index (χ4v) is 4.03. The second-order valence-electron chi connectivity index (χ2n) is 9.91. The second-order valence-corrected chi connectivity index (χ2v) is 9.91. The molecule has 1 atom stereocenters. The number of nitrogens with one attached hydrogen (secondary N) is 1. The summed E-state index contributed by atoms with van der Waals surface area (Å²) in [5, 5.41) is 12.4. The van der Waals surface area contributed by atoms with Gasteiger partial charge in [-0.05, 0) is 60.6 Å². The molecule has 0 saturated carbocycles. The lowest BCUT2D eigenvalue weighted by atomic mass is 9.87. The zero-order valence-corrected chi connectivity index (χ0v) is 21.0. The van der Waals surface area contributed by atoms with Gasteiger partial charge in [-0.3, -0.25) is 14.0 Å². The number of aryl methyl sites for hydroxylation is 1. The summed E-state index contributed by atoms with van der Waals surface area (Å²) in [5.74, 6) is -0.0662. The van der Waals surface area contributed by atoms with E-state index in [4.69, 9.17) is 9.47 Å². The lowest BCUT2D eigenvalue weighted by Crippen LogP contribution is -2.32. The van der Waals surface area contributed by atoms with E-state index < -0.39 is 11.5 Å². The van der Waals surface area contributed by atoms with Crippen molar-refractivity contribution < 1.29 is 14.3 Å². The highest BCUT2D eigenvalue weighted by atomic mass is 16.5. The Morgan fingerprint density at radius 3 is 2.69 bits per heavy atom. The number of nitrogens with zero attached hydrogens (tertiary/aromatic N) is 3. The molecule has 1 saturated heterocycles. The number of amides is 1. The molecule has 0 bridgehead atoms. The number of fused-ring (bicyclic) bond motifs is 1. The lowest BCUT2D eigenvalue weighted by molar-refractivity contribution is -0.117. The van der Waals surface area contributed by atoms with Crippen molar-refractivity contribution in [1.29, 1.82) is 5.26 Å². The molecule has 0 aliphatic carbocycles. The molecule has 36 heavy (non-hydrogen) atoms. The van der Waals surface area contributed by atoms with Gasteiger partial charge in [0.05, 0.1) is 6.10 Å². The molecule has 1 aliphatic heterocycles. The van der Waals surface area contributed by atoms with E-state index in [0.717, 1.165) is 24.0 Å². The first kappa shape index (κ1) is 25.1. The predicted octanol–water partition coefficient (Wildman–Crippen LogP) is 4.29. The molecular formula is C28H30N4O4. The third-order valence-electron chi connectivity index (χ3n) is 6.15. The maximum Gasteiger partial charge on any atom is 0.269 e. The Balaban J connectivity index is 1.74. The number of rotatable bonds is 6. The van der Waals surface area contributed by atoms with E-state index in [-0.39, 0.29) is 28.5 Å². The van der Waals surface area contributed by atoms with Crippen LogP contribution in [0.5, 0.6) is 11.6 Å². The monoisotopic (exact) mass is 486 g/mol. The molecular weight excluding hydrogens is 456 g/mol. The summed E-state index contributed by atoms with van der Waals surface area (Å²) in [4.78, 5) is 30.8. The minimum absolute atomic E-state index is 0.0156. The number of hydrogen-bond donors (Lipinski definition) is 1. The van der Waals surface area contributed by atoms with Gasteiger partial charge in [-0.25, -0.2) is 0 Å². The molecule has 0 spiro atoms. The van der Waals surface area contributed by atoms with Crippen LogP contribution in [0.2, 0.25) is 0 Å². The Hall–Kier alpha value is -3.96. The summed E-state index contributed by atoms with van der Waals surface area (Å²) in [7, 11) is 0. The smallest absolute Gasteiger partial charge is 0.269 e. The molecule has 1 N–H and O–H groups in total. The Kier molecular flexibility index (Phi) is 7.22. The van der Waals surface area contributed by atoms with Crippen LogP contribution in [-0.4, -0.2) is 34.5 Å². The van der Waals surface area contributed by atoms with Crippen LogP contribution < -0.4 is 15.6 Å². The van der Waals surface area contributed by atoms with Crippen LogP contribution in [0.4, 0.5) is 0 Å². The lowest BCUT2D eigenvalue weighted by Gasteiger charge is -2.19. The molecule has 8 nitrogen and oxygen atoms in total. The molecule has 1 unspecified atom stereocenters. The normalized spacial score (nSPS) is 16.1. The number of nitriles is 1. The predicted molar refractivity (Wildman–Crippen MR) is 137 cm³/mol. The second kappa shape index (κ2) is 10.3. The molecule has 8 heteroatoms. The number of carbonyl (C=O) groups excluding carboxylic acids is 1. The van der Waals surface area contributed by atoms with E-state index in [0.29, 0.717) is 24.5 Å². The topological polar surface area (TPSA) is 106 Å². The van der Waals surface area contributed by atoms with E-state index in [1.165, 1.54) is 10.5 Å². The van der Waals surface area contributed by atoms with E-state index >= 15 is 0 Å². The number of carbonyl (C=O) groups is 1. The van der Waals surface area contributed by atoms with Crippen LogP contribution in [0.15, 0.2) is 53.0 Å².